The van der Waals surface area contributed by atoms with Gasteiger partial charge in [-0.3, -0.25) is 19.3 Å². The molecule has 0 unspecified atom stereocenters. The number of nitrogens with zero attached hydrogens (tertiary/aromatic N) is 4. The van der Waals surface area contributed by atoms with Crippen LogP contribution in [-0.2, 0) is 39.6 Å². The highest BCUT2D eigenvalue weighted by Crippen LogP contribution is 2.45. The highest BCUT2D eigenvalue weighted by Gasteiger charge is 2.57. The average Bonchev–Trinajstić information content (AvgIpc) is 3.43. The van der Waals surface area contributed by atoms with Gasteiger partial charge in [0.05, 0.1) is 17.5 Å². The quantitative estimate of drug-likeness (QED) is 0.637. The van der Waals surface area contributed by atoms with Crippen molar-refractivity contribution in [2.75, 3.05) is 7.05 Å². The zero-order valence-corrected chi connectivity index (χ0v) is 17.7. The van der Waals surface area contributed by atoms with Crippen LogP contribution < -0.4 is 0 Å². The predicted octanol–water partition coefficient (Wildman–Crippen LogP) is 2.65. The molecule has 0 bridgehead atoms. The number of carbonyl (C=O) groups is 3. The Morgan fingerprint density at radius 3 is 2.59 bits per heavy atom. The summed E-state index contributed by atoms with van der Waals surface area (Å²) in [4.78, 5) is 46.0. The van der Waals surface area contributed by atoms with Crippen molar-refractivity contribution < 1.29 is 27.6 Å². The van der Waals surface area contributed by atoms with Gasteiger partial charge in [-0.1, -0.05) is 18.2 Å². The first-order chi connectivity index (χ1) is 15.0. The zero-order valence-electron chi connectivity index (χ0n) is 17.7. The Labute approximate surface area is 182 Å². The van der Waals surface area contributed by atoms with Gasteiger partial charge in [0.15, 0.2) is 0 Å². The summed E-state index contributed by atoms with van der Waals surface area (Å²) in [5, 5.41) is 0. The Balaban J connectivity index is 1.69. The minimum atomic E-state index is -4.61. The summed E-state index contributed by atoms with van der Waals surface area (Å²) in [5.74, 6) is -0.885. The second-order valence-corrected chi connectivity index (χ2v) is 8.52. The fraction of sp³-hybridized carbons (Fsp3) is 0.455. The van der Waals surface area contributed by atoms with Gasteiger partial charge in [-0.2, -0.15) is 13.2 Å². The lowest BCUT2D eigenvalue weighted by atomic mass is 9.75. The van der Waals surface area contributed by atoms with Crippen molar-refractivity contribution in [2.24, 2.45) is 7.05 Å². The Kier molecular flexibility index (Phi) is 5.34. The van der Waals surface area contributed by atoms with Crippen molar-refractivity contribution in [2.45, 2.75) is 49.9 Å². The Bertz CT molecular complexity index is 1080. The maximum absolute atomic E-state index is 13.4. The number of aryl methyl sites for hydroxylation is 1. The molecule has 32 heavy (non-hydrogen) atoms. The Hall–Kier alpha value is -3.17. The van der Waals surface area contributed by atoms with Gasteiger partial charge >= 0.3 is 6.18 Å². The van der Waals surface area contributed by atoms with E-state index in [9.17, 15) is 27.6 Å². The van der Waals surface area contributed by atoms with E-state index in [4.69, 9.17) is 0 Å². The van der Waals surface area contributed by atoms with Gasteiger partial charge in [0.1, 0.15) is 5.82 Å². The molecule has 4 rings (SSSR count). The molecule has 2 heterocycles. The highest BCUT2D eigenvalue weighted by molar-refractivity contribution is 6.11. The van der Waals surface area contributed by atoms with Crippen molar-refractivity contribution in [1.29, 1.82) is 0 Å². The van der Waals surface area contributed by atoms with Crippen LogP contribution in [0.25, 0.3) is 0 Å². The molecule has 2 aromatic rings. The van der Waals surface area contributed by atoms with Gasteiger partial charge in [-0.15, -0.1) is 0 Å². The largest absolute Gasteiger partial charge is 0.416 e. The number of imide groups is 1. The SMILES string of the molecule is CN(Cc1nccn1C)C(=O)C[C@@]1(c2cccc(C(F)(F)F)c2)CC(=O)N(C2CC2)C1=O. The number of halogens is 3. The third-order valence-electron chi connectivity index (χ3n) is 6.18. The lowest BCUT2D eigenvalue weighted by molar-refractivity contribution is -0.143. The molecule has 1 aliphatic carbocycles. The third kappa shape index (κ3) is 3.89. The Morgan fingerprint density at radius 2 is 2.00 bits per heavy atom. The van der Waals surface area contributed by atoms with Crippen molar-refractivity contribution in [1.82, 2.24) is 19.4 Å². The number of amides is 3. The molecule has 3 amide bonds. The van der Waals surface area contributed by atoms with E-state index in [1.54, 1.807) is 24.0 Å². The predicted molar refractivity (Wildman–Crippen MR) is 107 cm³/mol. The molecule has 1 aromatic heterocycles. The van der Waals surface area contributed by atoms with Crippen LogP contribution in [0, 0.1) is 0 Å². The molecule has 0 radical (unpaired) electrons. The van der Waals surface area contributed by atoms with Gasteiger partial charge in [-0.05, 0) is 24.5 Å². The van der Waals surface area contributed by atoms with E-state index < -0.39 is 41.3 Å². The number of benzene rings is 1. The zero-order chi connectivity index (χ0) is 23.3. The van der Waals surface area contributed by atoms with Gasteiger partial charge in [0.2, 0.25) is 17.7 Å². The lowest BCUT2D eigenvalue weighted by Crippen LogP contribution is -2.43. The highest BCUT2D eigenvalue weighted by atomic mass is 19.4. The van der Waals surface area contributed by atoms with Gasteiger partial charge in [0.25, 0.3) is 0 Å². The third-order valence-corrected chi connectivity index (χ3v) is 6.18. The van der Waals surface area contributed by atoms with Crippen LogP contribution in [-0.4, -0.2) is 50.2 Å². The molecule has 170 valence electrons. The van der Waals surface area contributed by atoms with E-state index in [0.717, 1.165) is 17.0 Å². The number of aromatic nitrogens is 2. The fourth-order valence-corrected chi connectivity index (χ4v) is 4.17. The van der Waals surface area contributed by atoms with Crippen LogP contribution in [0.15, 0.2) is 36.7 Å². The molecule has 1 aromatic carbocycles. The van der Waals surface area contributed by atoms with Crippen LogP contribution in [0.5, 0.6) is 0 Å². The summed E-state index contributed by atoms with van der Waals surface area (Å²) in [6.45, 7) is 0.162. The molecule has 1 aliphatic heterocycles. The van der Waals surface area contributed by atoms with Crippen LogP contribution in [0.1, 0.15) is 42.6 Å². The molecular formula is C22H23F3N4O3. The number of likely N-dealkylation sites (tertiary alicyclic amines) is 1. The van der Waals surface area contributed by atoms with E-state index in [1.165, 1.54) is 24.1 Å². The van der Waals surface area contributed by atoms with Crippen molar-refractivity contribution in [3.63, 3.8) is 0 Å². The lowest BCUT2D eigenvalue weighted by Gasteiger charge is -2.29. The second-order valence-electron chi connectivity index (χ2n) is 8.52. The Morgan fingerprint density at radius 1 is 1.28 bits per heavy atom. The van der Waals surface area contributed by atoms with E-state index in [0.29, 0.717) is 18.7 Å². The molecular weight excluding hydrogens is 425 g/mol. The van der Waals surface area contributed by atoms with Gasteiger partial charge in [0, 0.05) is 45.4 Å². The maximum atomic E-state index is 13.4. The summed E-state index contributed by atoms with van der Waals surface area (Å²) < 4.78 is 41.8. The van der Waals surface area contributed by atoms with Gasteiger partial charge < -0.3 is 9.47 Å². The molecule has 1 atom stereocenters. The standard InChI is InChI=1S/C22H23F3N4O3/c1-27-9-8-26-17(27)13-28(2)18(30)11-21(12-19(31)29(20(21)32)16-6-7-16)14-4-3-5-15(10-14)22(23,24)25/h3-5,8-10,16H,6-7,11-13H2,1-2H3/t21-/m0/s1. The molecule has 0 spiro atoms. The van der Waals surface area contributed by atoms with Crippen LogP contribution in [0.4, 0.5) is 13.2 Å². The van der Waals surface area contributed by atoms with Crippen LogP contribution in [0.2, 0.25) is 0 Å². The van der Waals surface area contributed by atoms with Crippen molar-refractivity contribution >= 4 is 17.7 Å². The smallest absolute Gasteiger partial charge is 0.338 e. The number of hydrogen-bond donors (Lipinski definition) is 0. The molecule has 2 aliphatic rings. The monoisotopic (exact) mass is 448 g/mol. The van der Waals surface area contributed by atoms with E-state index in [1.807, 2.05) is 0 Å². The molecule has 10 heteroatoms. The minimum absolute atomic E-state index is 0.0348. The number of imidazole rings is 1. The van der Waals surface area contributed by atoms with E-state index in [-0.39, 0.29) is 24.6 Å². The molecule has 1 saturated carbocycles. The minimum Gasteiger partial charge on any atom is -0.338 e. The van der Waals surface area contributed by atoms with Gasteiger partial charge in [-0.25, -0.2) is 4.98 Å². The molecule has 2 fully saturated rings. The van der Waals surface area contributed by atoms with Crippen molar-refractivity contribution in [3.8, 4) is 0 Å². The fourth-order valence-electron chi connectivity index (χ4n) is 4.17. The summed E-state index contributed by atoms with van der Waals surface area (Å²) in [6.07, 6.45) is -0.687. The summed E-state index contributed by atoms with van der Waals surface area (Å²) in [6, 6.07) is 4.16. The van der Waals surface area contributed by atoms with Crippen LogP contribution in [0.3, 0.4) is 0 Å². The summed E-state index contributed by atoms with van der Waals surface area (Å²) in [7, 11) is 3.31. The van der Waals surface area contributed by atoms with Crippen LogP contribution >= 0.6 is 0 Å². The summed E-state index contributed by atoms with van der Waals surface area (Å²) in [5.41, 5.74) is -2.55. The molecule has 0 N–H and O–H groups in total. The maximum Gasteiger partial charge on any atom is 0.416 e. The second kappa shape index (κ2) is 7.75. The van der Waals surface area contributed by atoms with Crippen molar-refractivity contribution in [3.05, 3.63) is 53.6 Å². The first-order valence-electron chi connectivity index (χ1n) is 10.3. The molecule has 7 nitrogen and oxygen atoms in total. The topological polar surface area (TPSA) is 75.5 Å². The summed E-state index contributed by atoms with van der Waals surface area (Å²) >= 11 is 0. The number of rotatable bonds is 6. The van der Waals surface area contributed by atoms with E-state index in [2.05, 4.69) is 4.98 Å². The van der Waals surface area contributed by atoms with E-state index >= 15 is 0 Å². The first-order valence-corrected chi connectivity index (χ1v) is 10.3. The number of hydrogen-bond acceptors (Lipinski definition) is 4. The number of alkyl halides is 3. The average molecular weight is 448 g/mol. The number of carbonyl (C=O) groups excluding carboxylic acids is 3. The normalized spacial score (nSPS) is 21.3. The first kappa shape index (κ1) is 22.0. The molecule has 1 saturated heterocycles.